The normalized spacial score (nSPS) is 23.9. The van der Waals surface area contributed by atoms with Crippen molar-refractivity contribution in [1.82, 2.24) is 9.88 Å². The van der Waals surface area contributed by atoms with Crippen LogP contribution in [0.25, 0.3) is 0 Å². The van der Waals surface area contributed by atoms with Crippen molar-refractivity contribution in [2.45, 2.75) is 52.1 Å². The Hall–Kier alpha value is -2.47. The van der Waals surface area contributed by atoms with E-state index in [1.54, 1.807) is 18.3 Å². The number of halogens is 1. The van der Waals surface area contributed by atoms with E-state index in [1.807, 2.05) is 11.0 Å². The van der Waals surface area contributed by atoms with E-state index in [-0.39, 0.29) is 29.1 Å². The molecule has 1 fully saturated rings. The summed E-state index contributed by atoms with van der Waals surface area (Å²) in [6.45, 7) is 5.47. The molecule has 6 heteroatoms. The first-order chi connectivity index (χ1) is 13.9. The highest BCUT2D eigenvalue weighted by Gasteiger charge is 2.48. The average molecular weight is 397 g/mol. The molecule has 0 unspecified atom stereocenters. The first kappa shape index (κ1) is 19.8. The highest BCUT2D eigenvalue weighted by Crippen LogP contribution is 2.45. The fourth-order valence-electron chi connectivity index (χ4n) is 4.67. The van der Waals surface area contributed by atoms with Gasteiger partial charge in [-0.05, 0) is 61.1 Å². The zero-order valence-electron chi connectivity index (χ0n) is 17.0. The van der Waals surface area contributed by atoms with Crippen molar-refractivity contribution in [2.75, 3.05) is 6.54 Å². The van der Waals surface area contributed by atoms with E-state index in [9.17, 15) is 9.18 Å². The van der Waals surface area contributed by atoms with Gasteiger partial charge >= 0.3 is 0 Å². The summed E-state index contributed by atoms with van der Waals surface area (Å²) in [5.41, 5.74) is 7.83. The number of rotatable bonds is 4. The first-order valence-corrected chi connectivity index (χ1v) is 10.3. The zero-order chi connectivity index (χ0) is 20.6. The number of benzene rings is 1. The number of carbonyl (C=O) groups is 1. The average Bonchev–Trinajstić information content (AvgIpc) is 3.12. The van der Waals surface area contributed by atoms with Crippen LogP contribution in [0.4, 0.5) is 4.39 Å². The Morgan fingerprint density at radius 3 is 2.72 bits per heavy atom. The van der Waals surface area contributed by atoms with Crippen molar-refractivity contribution in [2.24, 2.45) is 17.1 Å². The number of nitrogens with zero attached hydrogens (tertiary/aromatic N) is 2. The van der Waals surface area contributed by atoms with Crippen LogP contribution < -0.4 is 10.5 Å². The molecule has 2 aromatic rings. The van der Waals surface area contributed by atoms with E-state index in [0.29, 0.717) is 24.6 Å². The summed E-state index contributed by atoms with van der Waals surface area (Å²) >= 11 is 0. The minimum absolute atomic E-state index is 0.107. The summed E-state index contributed by atoms with van der Waals surface area (Å²) < 4.78 is 18.9. The molecule has 2 heterocycles. The predicted molar refractivity (Wildman–Crippen MR) is 109 cm³/mol. The quantitative estimate of drug-likeness (QED) is 0.845. The van der Waals surface area contributed by atoms with Crippen LogP contribution in [0.1, 0.15) is 44.4 Å². The van der Waals surface area contributed by atoms with Crippen LogP contribution in [0.2, 0.25) is 0 Å². The minimum Gasteiger partial charge on any atom is -0.456 e. The Bertz CT molecular complexity index is 899. The molecule has 1 aliphatic carbocycles. The molecule has 0 spiro atoms. The van der Waals surface area contributed by atoms with Crippen molar-refractivity contribution in [3.8, 4) is 11.5 Å². The molecule has 1 aliphatic heterocycles. The van der Waals surface area contributed by atoms with Gasteiger partial charge in [0.05, 0.1) is 11.6 Å². The van der Waals surface area contributed by atoms with Crippen molar-refractivity contribution in [3.63, 3.8) is 0 Å². The van der Waals surface area contributed by atoms with Gasteiger partial charge in [0.1, 0.15) is 17.3 Å². The molecule has 2 aliphatic rings. The number of hydrogen-bond acceptors (Lipinski definition) is 4. The van der Waals surface area contributed by atoms with E-state index in [4.69, 9.17) is 10.5 Å². The van der Waals surface area contributed by atoms with Crippen molar-refractivity contribution < 1.29 is 13.9 Å². The van der Waals surface area contributed by atoms with E-state index in [2.05, 4.69) is 18.8 Å². The lowest BCUT2D eigenvalue weighted by molar-refractivity contribution is -0.145. The summed E-state index contributed by atoms with van der Waals surface area (Å²) in [6, 6.07) is 7.93. The van der Waals surface area contributed by atoms with Crippen LogP contribution >= 0.6 is 0 Å². The predicted octanol–water partition coefficient (Wildman–Crippen LogP) is 4.05. The summed E-state index contributed by atoms with van der Waals surface area (Å²) in [6.07, 6.45) is 4.95. The van der Waals surface area contributed by atoms with E-state index in [0.717, 1.165) is 36.9 Å². The molecule has 2 N–H and O–H groups in total. The zero-order valence-corrected chi connectivity index (χ0v) is 17.0. The SMILES string of the molecule is CC(C)[C@]1(C(=O)N2CCc3ncc(Oc4ccc(F)cc4)cc3C2)CC[C@@H](N)C1. The molecule has 1 aromatic heterocycles. The molecule has 0 radical (unpaired) electrons. The third-order valence-electron chi connectivity index (χ3n) is 6.47. The standard InChI is InChI=1S/C23H28FN3O2/c1-15(2)23(9-7-18(25)12-23)22(28)27-10-8-21-16(14-27)11-20(13-26-21)29-19-5-3-17(24)4-6-19/h3-6,11,13,15,18H,7-10,12,14,25H2,1-2H3/t18-,23+/m1/s1. The summed E-state index contributed by atoms with van der Waals surface area (Å²) in [7, 11) is 0. The third-order valence-corrected chi connectivity index (χ3v) is 6.47. The fourth-order valence-corrected chi connectivity index (χ4v) is 4.67. The lowest BCUT2D eigenvalue weighted by Gasteiger charge is -2.39. The van der Waals surface area contributed by atoms with Crippen LogP contribution in [0.15, 0.2) is 36.5 Å². The summed E-state index contributed by atoms with van der Waals surface area (Å²) in [4.78, 5) is 20.0. The number of pyridine rings is 1. The second kappa shape index (κ2) is 7.75. The number of carbonyl (C=O) groups excluding carboxylic acids is 1. The maximum Gasteiger partial charge on any atom is 0.229 e. The largest absolute Gasteiger partial charge is 0.456 e. The van der Waals surface area contributed by atoms with Gasteiger partial charge < -0.3 is 15.4 Å². The molecule has 2 atom stereocenters. The van der Waals surface area contributed by atoms with Crippen LogP contribution in [-0.4, -0.2) is 28.4 Å². The van der Waals surface area contributed by atoms with E-state index >= 15 is 0 Å². The Kier molecular flexibility index (Phi) is 5.30. The maximum absolute atomic E-state index is 13.5. The molecule has 29 heavy (non-hydrogen) atoms. The smallest absolute Gasteiger partial charge is 0.229 e. The second-order valence-corrected chi connectivity index (χ2v) is 8.62. The lowest BCUT2D eigenvalue weighted by Crippen LogP contribution is -2.48. The number of fused-ring (bicyclic) bond motifs is 1. The van der Waals surface area contributed by atoms with Gasteiger partial charge in [0, 0.05) is 31.2 Å². The summed E-state index contributed by atoms with van der Waals surface area (Å²) in [5, 5.41) is 0. The van der Waals surface area contributed by atoms with Gasteiger partial charge in [0.25, 0.3) is 0 Å². The molecule has 1 aromatic carbocycles. The third kappa shape index (κ3) is 3.86. The Balaban J connectivity index is 1.53. The van der Waals surface area contributed by atoms with Crippen LogP contribution in [0.5, 0.6) is 11.5 Å². The number of amides is 1. The Morgan fingerprint density at radius 2 is 2.07 bits per heavy atom. The Morgan fingerprint density at radius 1 is 1.31 bits per heavy atom. The maximum atomic E-state index is 13.5. The number of aromatic nitrogens is 1. The molecule has 0 saturated heterocycles. The van der Waals surface area contributed by atoms with Gasteiger partial charge in [0.2, 0.25) is 5.91 Å². The van der Waals surface area contributed by atoms with Gasteiger partial charge in [-0.15, -0.1) is 0 Å². The van der Waals surface area contributed by atoms with Crippen LogP contribution in [-0.2, 0) is 17.8 Å². The number of hydrogen-bond donors (Lipinski definition) is 1. The second-order valence-electron chi connectivity index (χ2n) is 8.62. The van der Waals surface area contributed by atoms with Gasteiger partial charge in [0.15, 0.2) is 0 Å². The highest BCUT2D eigenvalue weighted by atomic mass is 19.1. The molecular formula is C23H28FN3O2. The topological polar surface area (TPSA) is 68.5 Å². The number of nitrogens with two attached hydrogens (primary N) is 1. The van der Waals surface area contributed by atoms with Crippen molar-refractivity contribution >= 4 is 5.91 Å². The van der Waals surface area contributed by atoms with Gasteiger partial charge in [-0.1, -0.05) is 13.8 Å². The van der Waals surface area contributed by atoms with Gasteiger partial charge in [-0.25, -0.2) is 4.39 Å². The molecule has 154 valence electrons. The monoisotopic (exact) mass is 397 g/mol. The lowest BCUT2D eigenvalue weighted by atomic mass is 9.74. The molecule has 0 bridgehead atoms. The van der Waals surface area contributed by atoms with E-state index < -0.39 is 0 Å². The molecule has 1 amide bonds. The van der Waals surface area contributed by atoms with E-state index in [1.165, 1.54) is 12.1 Å². The first-order valence-electron chi connectivity index (χ1n) is 10.3. The highest BCUT2D eigenvalue weighted by molar-refractivity contribution is 5.83. The minimum atomic E-state index is -0.355. The fraction of sp³-hybridized carbons (Fsp3) is 0.478. The van der Waals surface area contributed by atoms with Crippen LogP contribution in [0.3, 0.4) is 0 Å². The molecule has 5 nitrogen and oxygen atoms in total. The van der Waals surface area contributed by atoms with Crippen molar-refractivity contribution in [1.29, 1.82) is 0 Å². The van der Waals surface area contributed by atoms with Crippen molar-refractivity contribution in [3.05, 3.63) is 53.6 Å². The molecule has 4 rings (SSSR count). The molecular weight excluding hydrogens is 369 g/mol. The molecule has 1 saturated carbocycles. The van der Waals surface area contributed by atoms with Gasteiger partial charge in [-0.2, -0.15) is 0 Å². The number of ether oxygens (including phenoxy) is 1. The Labute approximate surface area is 171 Å². The van der Waals surface area contributed by atoms with Crippen LogP contribution in [0, 0.1) is 17.2 Å². The summed E-state index contributed by atoms with van der Waals surface area (Å²) in [5.74, 6) is 1.31. The van der Waals surface area contributed by atoms with Gasteiger partial charge in [-0.3, -0.25) is 9.78 Å².